The van der Waals surface area contributed by atoms with Crippen molar-refractivity contribution in [2.75, 3.05) is 20.3 Å². The highest BCUT2D eigenvalue weighted by atomic mass is 79.9. The highest BCUT2D eigenvalue weighted by Crippen LogP contribution is 2.15. The Morgan fingerprint density at radius 2 is 1.78 bits per heavy atom. The Balaban J connectivity index is 2.15. The molecule has 0 radical (unpaired) electrons. The van der Waals surface area contributed by atoms with Crippen molar-refractivity contribution in [3.05, 3.63) is 64.6 Å². The molecule has 0 aromatic heterocycles. The number of nitrogens with one attached hydrogen (secondary N) is 2. The van der Waals surface area contributed by atoms with Gasteiger partial charge in [0.1, 0.15) is 6.04 Å². The van der Waals surface area contributed by atoms with Crippen LogP contribution in [0.15, 0.2) is 64.0 Å². The van der Waals surface area contributed by atoms with Crippen molar-refractivity contribution >= 4 is 31.9 Å². The molecule has 0 fully saturated rings. The molecule has 0 saturated carbocycles. The standard InChI is InChI=1S/C19H23BrN2O4S/c1-26-13-5-12-21-19(23)18(14-15-6-3-2-4-7-15)22-27(24,25)17-10-8-16(20)9-11-17/h2-4,6-11,18,22H,5,12-14H2,1H3,(H,21,23)/t18-/m1/s1. The predicted octanol–water partition coefficient (Wildman–Crippen LogP) is 2.49. The molecule has 0 bridgehead atoms. The molecular formula is C19H23BrN2O4S. The number of carbonyl (C=O) groups excluding carboxylic acids is 1. The summed E-state index contributed by atoms with van der Waals surface area (Å²) in [5.74, 6) is -0.365. The third kappa shape index (κ3) is 7.06. The molecule has 0 aliphatic carbocycles. The van der Waals surface area contributed by atoms with E-state index in [9.17, 15) is 13.2 Å². The number of ether oxygens (including phenoxy) is 1. The number of halogens is 1. The Morgan fingerprint density at radius 1 is 1.11 bits per heavy atom. The number of sulfonamides is 1. The van der Waals surface area contributed by atoms with Gasteiger partial charge in [0.05, 0.1) is 4.90 Å². The number of rotatable bonds is 10. The molecule has 6 nitrogen and oxygen atoms in total. The minimum absolute atomic E-state index is 0.107. The van der Waals surface area contributed by atoms with Gasteiger partial charge >= 0.3 is 0 Å². The van der Waals surface area contributed by atoms with E-state index in [1.165, 1.54) is 12.1 Å². The number of hydrogen-bond donors (Lipinski definition) is 2. The molecule has 0 aliphatic heterocycles. The molecule has 8 heteroatoms. The van der Waals surface area contributed by atoms with Gasteiger partial charge in [-0.05, 0) is 42.7 Å². The molecule has 146 valence electrons. The Labute approximate surface area is 168 Å². The van der Waals surface area contributed by atoms with Crippen molar-refractivity contribution in [3.63, 3.8) is 0 Å². The van der Waals surface area contributed by atoms with Crippen molar-refractivity contribution in [2.45, 2.75) is 23.8 Å². The van der Waals surface area contributed by atoms with E-state index in [0.29, 0.717) is 19.6 Å². The summed E-state index contributed by atoms with van der Waals surface area (Å²) in [6, 6.07) is 14.7. The average molecular weight is 455 g/mol. The van der Waals surface area contributed by atoms with E-state index in [1.807, 2.05) is 30.3 Å². The van der Waals surface area contributed by atoms with E-state index in [1.54, 1.807) is 19.2 Å². The van der Waals surface area contributed by atoms with E-state index < -0.39 is 16.1 Å². The normalized spacial score (nSPS) is 12.5. The topological polar surface area (TPSA) is 84.5 Å². The number of benzene rings is 2. The van der Waals surface area contributed by atoms with Gasteiger partial charge in [-0.1, -0.05) is 46.3 Å². The molecule has 2 rings (SSSR count). The van der Waals surface area contributed by atoms with E-state index in [0.717, 1.165) is 10.0 Å². The van der Waals surface area contributed by atoms with Crippen LogP contribution >= 0.6 is 15.9 Å². The molecule has 1 amide bonds. The summed E-state index contributed by atoms with van der Waals surface area (Å²) in [6.45, 7) is 0.937. The molecule has 1 atom stereocenters. The summed E-state index contributed by atoms with van der Waals surface area (Å²) < 4.78 is 33.7. The highest BCUT2D eigenvalue weighted by molar-refractivity contribution is 9.10. The largest absolute Gasteiger partial charge is 0.385 e. The fourth-order valence-corrected chi connectivity index (χ4v) is 3.92. The lowest BCUT2D eigenvalue weighted by Crippen LogP contribution is -2.48. The highest BCUT2D eigenvalue weighted by Gasteiger charge is 2.25. The second-order valence-electron chi connectivity index (χ2n) is 5.95. The Kier molecular flexibility index (Phi) is 8.43. The van der Waals surface area contributed by atoms with Crippen LogP contribution in [0.4, 0.5) is 0 Å². The third-order valence-corrected chi connectivity index (χ3v) is 5.86. The van der Waals surface area contributed by atoms with Crippen LogP contribution in [-0.4, -0.2) is 40.6 Å². The van der Waals surface area contributed by atoms with Gasteiger partial charge in [0.15, 0.2) is 0 Å². The monoisotopic (exact) mass is 454 g/mol. The summed E-state index contributed by atoms with van der Waals surface area (Å²) in [5.41, 5.74) is 0.869. The minimum atomic E-state index is -3.83. The minimum Gasteiger partial charge on any atom is -0.385 e. The molecule has 0 spiro atoms. The van der Waals surface area contributed by atoms with Gasteiger partial charge in [0.2, 0.25) is 15.9 Å². The molecule has 0 unspecified atom stereocenters. The Morgan fingerprint density at radius 3 is 2.41 bits per heavy atom. The van der Waals surface area contributed by atoms with Crippen molar-refractivity contribution in [3.8, 4) is 0 Å². The first-order chi connectivity index (χ1) is 12.9. The summed E-state index contributed by atoms with van der Waals surface area (Å²) >= 11 is 3.28. The molecule has 2 aromatic rings. The van der Waals surface area contributed by atoms with Crippen LogP contribution in [-0.2, 0) is 26.0 Å². The zero-order valence-corrected chi connectivity index (χ0v) is 17.4. The van der Waals surface area contributed by atoms with Crippen LogP contribution in [0.25, 0.3) is 0 Å². The molecule has 27 heavy (non-hydrogen) atoms. The van der Waals surface area contributed by atoms with Crippen LogP contribution in [0.2, 0.25) is 0 Å². The SMILES string of the molecule is COCCCNC(=O)[C@@H](Cc1ccccc1)NS(=O)(=O)c1ccc(Br)cc1. The lowest BCUT2D eigenvalue weighted by atomic mass is 10.1. The Hall–Kier alpha value is -1.74. The van der Waals surface area contributed by atoms with Crippen LogP contribution in [0.3, 0.4) is 0 Å². The van der Waals surface area contributed by atoms with Crippen molar-refractivity contribution in [1.82, 2.24) is 10.0 Å². The van der Waals surface area contributed by atoms with Crippen LogP contribution < -0.4 is 10.0 Å². The second-order valence-corrected chi connectivity index (χ2v) is 8.58. The van der Waals surface area contributed by atoms with Gasteiger partial charge in [-0.25, -0.2) is 8.42 Å². The number of hydrogen-bond acceptors (Lipinski definition) is 4. The fourth-order valence-electron chi connectivity index (χ4n) is 2.46. The van der Waals surface area contributed by atoms with E-state index in [-0.39, 0.29) is 17.2 Å². The zero-order valence-electron chi connectivity index (χ0n) is 15.0. The number of amides is 1. The zero-order chi connectivity index (χ0) is 19.7. The van der Waals surface area contributed by atoms with Crippen molar-refractivity contribution in [1.29, 1.82) is 0 Å². The number of carbonyl (C=O) groups is 1. The van der Waals surface area contributed by atoms with Crippen molar-refractivity contribution < 1.29 is 17.9 Å². The number of methoxy groups -OCH3 is 1. The first kappa shape index (κ1) is 21.6. The molecule has 0 heterocycles. The lowest BCUT2D eigenvalue weighted by Gasteiger charge is -2.19. The first-order valence-electron chi connectivity index (χ1n) is 8.51. The molecular weight excluding hydrogens is 432 g/mol. The Bertz CT molecular complexity index is 827. The van der Waals surface area contributed by atoms with E-state index in [2.05, 4.69) is 26.0 Å². The predicted molar refractivity (Wildman–Crippen MR) is 108 cm³/mol. The molecule has 0 aliphatic rings. The summed E-state index contributed by atoms with van der Waals surface area (Å²) in [5, 5.41) is 2.77. The van der Waals surface area contributed by atoms with Gasteiger partial charge in [-0.3, -0.25) is 4.79 Å². The summed E-state index contributed by atoms with van der Waals surface area (Å²) in [6.07, 6.45) is 0.909. The van der Waals surface area contributed by atoms with E-state index >= 15 is 0 Å². The lowest BCUT2D eigenvalue weighted by molar-refractivity contribution is -0.122. The smallest absolute Gasteiger partial charge is 0.241 e. The maximum absolute atomic E-state index is 12.7. The second kappa shape index (κ2) is 10.6. The van der Waals surface area contributed by atoms with Gasteiger partial charge in [0, 0.05) is 24.7 Å². The van der Waals surface area contributed by atoms with Gasteiger partial charge in [-0.15, -0.1) is 0 Å². The van der Waals surface area contributed by atoms with Crippen LogP contribution in [0.5, 0.6) is 0 Å². The van der Waals surface area contributed by atoms with Crippen molar-refractivity contribution in [2.24, 2.45) is 0 Å². The third-order valence-electron chi connectivity index (χ3n) is 3.84. The summed E-state index contributed by atoms with van der Waals surface area (Å²) in [7, 11) is -2.24. The summed E-state index contributed by atoms with van der Waals surface area (Å²) in [4.78, 5) is 12.7. The quantitative estimate of drug-likeness (QED) is 0.540. The maximum Gasteiger partial charge on any atom is 0.241 e. The molecule has 2 N–H and O–H groups in total. The van der Waals surface area contributed by atoms with Gasteiger partial charge < -0.3 is 10.1 Å². The molecule has 0 saturated heterocycles. The van der Waals surface area contributed by atoms with E-state index in [4.69, 9.17) is 4.74 Å². The average Bonchev–Trinajstić information content (AvgIpc) is 2.65. The first-order valence-corrected chi connectivity index (χ1v) is 10.8. The van der Waals surface area contributed by atoms with Gasteiger partial charge in [0.25, 0.3) is 0 Å². The fraction of sp³-hybridized carbons (Fsp3) is 0.316. The van der Waals surface area contributed by atoms with Crippen LogP contribution in [0.1, 0.15) is 12.0 Å². The van der Waals surface area contributed by atoms with Gasteiger partial charge in [-0.2, -0.15) is 4.72 Å². The maximum atomic E-state index is 12.7. The molecule has 2 aromatic carbocycles. The van der Waals surface area contributed by atoms with Crippen LogP contribution in [0, 0.1) is 0 Å².